The lowest BCUT2D eigenvalue weighted by atomic mass is 9.98. The topological polar surface area (TPSA) is 34.2 Å². The molecule has 0 radical (unpaired) electrons. The van der Waals surface area contributed by atoms with Crippen LogP contribution in [0.5, 0.6) is 0 Å². The predicted octanol–water partition coefficient (Wildman–Crippen LogP) is 1.70. The monoisotopic (exact) mass is 233 g/mol. The van der Waals surface area contributed by atoms with Crippen LogP contribution in [0.1, 0.15) is 42.3 Å². The first-order chi connectivity index (χ1) is 8.31. The van der Waals surface area contributed by atoms with Crippen LogP contribution in [-0.4, -0.2) is 29.6 Å². The number of fused-ring (bicyclic) bond motifs is 3. The maximum atomic E-state index is 5.79. The number of nitrogens with two attached hydrogens (primary N) is 1. The zero-order valence-electron chi connectivity index (χ0n) is 10.8. The van der Waals surface area contributed by atoms with E-state index in [9.17, 15) is 0 Å². The van der Waals surface area contributed by atoms with Crippen LogP contribution in [0.3, 0.4) is 0 Å². The lowest BCUT2D eigenvalue weighted by molar-refractivity contribution is 0.210. The quantitative estimate of drug-likeness (QED) is 0.843. The number of hydrogen-bond acceptors (Lipinski definition) is 2. The van der Waals surface area contributed by atoms with Crippen LogP contribution in [0.25, 0.3) is 0 Å². The van der Waals surface area contributed by atoms with Crippen molar-refractivity contribution in [3.63, 3.8) is 0 Å². The molecule has 3 rings (SSSR count). The average Bonchev–Trinajstić information content (AvgIpc) is 2.72. The van der Waals surface area contributed by atoms with Gasteiger partial charge in [-0.05, 0) is 57.3 Å². The van der Waals surface area contributed by atoms with Gasteiger partial charge in [-0.1, -0.05) is 0 Å². The summed E-state index contributed by atoms with van der Waals surface area (Å²) in [5, 5.41) is 0. The third kappa shape index (κ3) is 1.81. The van der Waals surface area contributed by atoms with Gasteiger partial charge in [0, 0.05) is 24.5 Å². The maximum Gasteiger partial charge on any atom is 0.0512 e. The SMILES string of the molecule is CN1CCc2cc3n(c2C1CCN)CCCC3. The van der Waals surface area contributed by atoms with Crippen molar-refractivity contribution in [2.24, 2.45) is 5.73 Å². The van der Waals surface area contributed by atoms with Crippen molar-refractivity contribution in [2.75, 3.05) is 20.1 Å². The molecule has 0 bridgehead atoms. The summed E-state index contributed by atoms with van der Waals surface area (Å²) < 4.78 is 2.59. The van der Waals surface area contributed by atoms with Gasteiger partial charge < -0.3 is 10.3 Å². The second kappa shape index (κ2) is 4.46. The molecule has 3 heteroatoms. The fourth-order valence-corrected chi connectivity index (χ4v) is 3.50. The van der Waals surface area contributed by atoms with Gasteiger partial charge in [-0.15, -0.1) is 0 Å². The summed E-state index contributed by atoms with van der Waals surface area (Å²) in [6.45, 7) is 3.19. The van der Waals surface area contributed by atoms with E-state index in [4.69, 9.17) is 5.73 Å². The first kappa shape index (κ1) is 11.3. The van der Waals surface area contributed by atoms with Crippen LogP contribution >= 0.6 is 0 Å². The second-order valence-electron chi connectivity index (χ2n) is 5.48. The van der Waals surface area contributed by atoms with E-state index in [1.165, 1.54) is 38.8 Å². The number of aromatic nitrogens is 1. The van der Waals surface area contributed by atoms with Crippen LogP contribution in [0.15, 0.2) is 6.07 Å². The summed E-state index contributed by atoms with van der Waals surface area (Å²) in [4.78, 5) is 2.48. The molecule has 0 saturated carbocycles. The predicted molar refractivity (Wildman–Crippen MR) is 70.1 cm³/mol. The molecule has 1 aromatic heterocycles. The smallest absolute Gasteiger partial charge is 0.0512 e. The van der Waals surface area contributed by atoms with E-state index in [-0.39, 0.29) is 0 Å². The third-order valence-electron chi connectivity index (χ3n) is 4.39. The van der Waals surface area contributed by atoms with Crippen molar-refractivity contribution in [3.8, 4) is 0 Å². The fraction of sp³-hybridized carbons (Fsp3) is 0.714. The summed E-state index contributed by atoms with van der Waals surface area (Å²) in [7, 11) is 2.24. The molecule has 0 saturated heterocycles. The molecule has 0 spiro atoms. The van der Waals surface area contributed by atoms with Crippen molar-refractivity contribution >= 4 is 0 Å². The first-order valence-electron chi connectivity index (χ1n) is 6.92. The number of aryl methyl sites for hydroxylation is 1. The van der Waals surface area contributed by atoms with E-state index in [0.717, 1.165) is 13.0 Å². The highest BCUT2D eigenvalue weighted by molar-refractivity contribution is 5.34. The average molecular weight is 233 g/mol. The van der Waals surface area contributed by atoms with Gasteiger partial charge in [-0.2, -0.15) is 0 Å². The zero-order valence-corrected chi connectivity index (χ0v) is 10.8. The highest BCUT2D eigenvalue weighted by atomic mass is 15.2. The molecule has 1 atom stereocenters. The Morgan fingerprint density at radius 1 is 1.29 bits per heavy atom. The first-order valence-corrected chi connectivity index (χ1v) is 6.92. The van der Waals surface area contributed by atoms with Gasteiger partial charge in [-0.25, -0.2) is 0 Å². The van der Waals surface area contributed by atoms with Gasteiger partial charge in [0.2, 0.25) is 0 Å². The Morgan fingerprint density at radius 3 is 3.00 bits per heavy atom. The Morgan fingerprint density at radius 2 is 2.18 bits per heavy atom. The molecule has 2 aliphatic rings. The summed E-state index contributed by atoms with van der Waals surface area (Å²) >= 11 is 0. The third-order valence-corrected chi connectivity index (χ3v) is 4.39. The summed E-state index contributed by atoms with van der Waals surface area (Å²) in [6.07, 6.45) is 6.28. The Kier molecular flexibility index (Phi) is 2.97. The molecule has 1 aromatic rings. The molecule has 0 aliphatic carbocycles. The summed E-state index contributed by atoms with van der Waals surface area (Å²) in [5.74, 6) is 0. The van der Waals surface area contributed by atoms with Crippen molar-refractivity contribution in [3.05, 3.63) is 23.0 Å². The number of hydrogen-bond donors (Lipinski definition) is 1. The molecular formula is C14H23N3. The van der Waals surface area contributed by atoms with Gasteiger partial charge in [0.05, 0.1) is 6.04 Å². The molecule has 94 valence electrons. The normalized spacial score (nSPS) is 24.5. The van der Waals surface area contributed by atoms with Crippen LogP contribution < -0.4 is 5.73 Å². The molecule has 3 heterocycles. The molecule has 17 heavy (non-hydrogen) atoms. The molecule has 3 nitrogen and oxygen atoms in total. The highest BCUT2D eigenvalue weighted by Crippen LogP contribution is 2.35. The standard InChI is InChI=1S/C14H23N3/c1-16-9-6-11-10-12-4-2-3-8-17(12)14(11)13(16)5-7-15/h10,13H,2-9,15H2,1H3. The molecular weight excluding hydrogens is 210 g/mol. The van der Waals surface area contributed by atoms with Crippen molar-refractivity contribution in [1.82, 2.24) is 9.47 Å². The lowest BCUT2D eigenvalue weighted by Crippen LogP contribution is -2.35. The maximum absolute atomic E-state index is 5.79. The van der Waals surface area contributed by atoms with Gasteiger partial charge in [-0.3, -0.25) is 4.90 Å². The van der Waals surface area contributed by atoms with E-state index in [1.807, 2.05) is 0 Å². The van der Waals surface area contributed by atoms with Gasteiger partial charge in [0.1, 0.15) is 0 Å². The van der Waals surface area contributed by atoms with Crippen molar-refractivity contribution < 1.29 is 0 Å². The number of likely N-dealkylation sites (N-methyl/N-ethyl adjacent to an activating group) is 1. The summed E-state index contributed by atoms with van der Waals surface area (Å²) in [6, 6.07) is 3.01. The van der Waals surface area contributed by atoms with E-state index in [0.29, 0.717) is 6.04 Å². The lowest BCUT2D eigenvalue weighted by Gasteiger charge is -2.35. The van der Waals surface area contributed by atoms with E-state index in [2.05, 4.69) is 22.6 Å². The Balaban J connectivity index is 2.03. The second-order valence-corrected chi connectivity index (χ2v) is 5.48. The van der Waals surface area contributed by atoms with Crippen LogP contribution in [0, 0.1) is 0 Å². The van der Waals surface area contributed by atoms with Crippen LogP contribution in [0.4, 0.5) is 0 Å². The van der Waals surface area contributed by atoms with Crippen molar-refractivity contribution in [2.45, 2.75) is 44.7 Å². The number of nitrogens with zero attached hydrogens (tertiary/aromatic N) is 2. The minimum absolute atomic E-state index is 0.551. The molecule has 0 amide bonds. The largest absolute Gasteiger partial charge is 0.347 e. The van der Waals surface area contributed by atoms with Crippen LogP contribution in [-0.2, 0) is 19.4 Å². The Bertz CT molecular complexity index is 408. The Hall–Kier alpha value is -0.800. The fourth-order valence-electron chi connectivity index (χ4n) is 3.50. The number of rotatable bonds is 2. The van der Waals surface area contributed by atoms with Crippen molar-refractivity contribution in [1.29, 1.82) is 0 Å². The molecule has 0 fully saturated rings. The van der Waals surface area contributed by atoms with Gasteiger partial charge >= 0.3 is 0 Å². The minimum atomic E-state index is 0.551. The highest BCUT2D eigenvalue weighted by Gasteiger charge is 2.29. The minimum Gasteiger partial charge on any atom is -0.347 e. The molecule has 0 aromatic carbocycles. The summed E-state index contributed by atoms with van der Waals surface area (Å²) in [5.41, 5.74) is 10.5. The van der Waals surface area contributed by atoms with Gasteiger partial charge in [0.15, 0.2) is 0 Å². The van der Waals surface area contributed by atoms with E-state index in [1.54, 1.807) is 17.0 Å². The van der Waals surface area contributed by atoms with Crippen LogP contribution in [0.2, 0.25) is 0 Å². The molecule has 2 aliphatic heterocycles. The van der Waals surface area contributed by atoms with Gasteiger partial charge in [0.25, 0.3) is 0 Å². The Labute approximate surface area is 104 Å². The van der Waals surface area contributed by atoms with E-state index >= 15 is 0 Å². The zero-order chi connectivity index (χ0) is 11.8. The molecule has 2 N–H and O–H groups in total. The molecule has 1 unspecified atom stereocenters. The van der Waals surface area contributed by atoms with E-state index < -0.39 is 0 Å².